The number of benzene rings is 1. The van der Waals surface area contributed by atoms with Crippen LogP contribution in [0.5, 0.6) is 0 Å². The highest BCUT2D eigenvalue weighted by atomic mass is 16.3. The second-order valence-corrected chi connectivity index (χ2v) is 5.73. The fourth-order valence-corrected chi connectivity index (χ4v) is 2.75. The number of nitrogens with zero attached hydrogens (tertiary/aromatic N) is 1. The summed E-state index contributed by atoms with van der Waals surface area (Å²) in [6.07, 6.45) is -0.310. The molecule has 1 aromatic rings. The molecule has 7 heteroatoms. The first-order chi connectivity index (χ1) is 10.9. The van der Waals surface area contributed by atoms with Gasteiger partial charge in [-0.05, 0) is 5.56 Å². The molecule has 1 heterocycles. The van der Waals surface area contributed by atoms with Crippen molar-refractivity contribution in [1.82, 2.24) is 10.2 Å². The van der Waals surface area contributed by atoms with E-state index in [1.165, 1.54) is 11.8 Å². The van der Waals surface area contributed by atoms with E-state index in [1.807, 2.05) is 30.3 Å². The van der Waals surface area contributed by atoms with E-state index in [0.29, 0.717) is 0 Å². The molecule has 2 rings (SSSR count). The van der Waals surface area contributed by atoms with Gasteiger partial charge < -0.3 is 21.1 Å². The Morgan fingerprint density at radius 1 is 1.35 bits per heavy atom. The van der Waals surface area contributed by atoms with Gasteiger partial charge in [-0.3, -0.25) is 14.4 Å². The number of amides is 3. The second-order valence-electron chi connectivity index (χ2n) is 5.73. The van der Waals surface area contributed by atoms with Gasteiger partial charge in [0.15, 0.2) is 0 Å². The van der Waals surface area contributed by atoms with E-state index in [4.69, 9.17) is 5.73 Å². The van der Waals surface area contributed by atoms with Gasteiger partial charge in [-0.15, -0.1) is 0 Å². The molecule has 1 aromatic carbocycles. The highest BCUT2D eigenvalue weighted by molar-refractivity contribution is 5.91. The molecule has 7 nitrogen and oxygen atoms in total. The fourth-order valence-electron chi connectivity index (χ4n) is 2.75. The second kappa shape index (κ2) is 7.23. The minimum atomic E-state index is -0.864. The highest BCUT2D eigenvalue weighted by Crippen LogP contribution is 2.18. The van der Waals surface area contributed by atoms with Crippen molar-refractivity contribution in [3.8, 4) is 0 Å². The van der Waals surface area contributed by atoms with Crippen molar-refractivity contribution < 1.29 is 19.5 Å². The van der Waals surface area contributed by atoms with E-state index in [2.05, 4.69) is 5.32 Å². The minimum Gasteiger partial charge on any atom is -0.391 e. The number of β-amino-alcohol motifs (C(OH)–C–C–N with tert-alkyl or cyclic N) is 1. The SMILES string of the molecule is CC(=O)N1C[C@H](O)C[C@H]1C(=O)N[C@H](Cc1ccccc1)C(N)=O. The highest BCUT2D eigenvalue weighted by Gasteiger charge is 2.38. The lowest BCUT2D eigenvalue weighted by Gasteiger charge is -2.24. The minimum absolute atomic E-state index is 0.118. The summed E-state index contributed by atoms with van der Waals surface area (Å²) < 4.78 is 0. The van der Waals surface area contributed by atoms with Crippen LogP contribution in [0.4, 0.5) is 0 Å². The average Bonchev–Trinajstić information content (AvgIpc) is 2.90. The molecule has 0 bridgehead atoms. The molecular weight excluding hydrogens is 298 g/mol. The van der Waals surface area contributed by atoms with Crippen LogP contribution in [0.2, 0.25) is 0 Å². The zero-order chi connectivity index (χ0) is 17.0. The Balaban J connectivity index is 2.06. The van der Waals surface area contributed by atoms with E-state index in [0.717, 1.165) is 5.56 Å². The lowest BCUT2D eigenvalue weighted by molar-refractivity contribution is -0.138. The molecule has 0 saturated carbocycles. The number of aliphatic hydroxyl groups excluding tert-OH is 1. The molecule has 4 N–H and O–H groups in total. The standard InChI is InChI=1S/C16H21N3O4/c1-10(20)19-9-12(21)8-14(19)16(23)18-13(15(17)22)7-11-5-3-2-4-6-11/h2-6,12-14,21H,7-9H2,1H3,(H2,17,22)(H,18,23)/t12-,13-,14+/m1/s1. The van der Waals surface area contributed by atoms with Gasteiger partial charge in [-0.2, -0.15) is 0 Å². The summed E-state index contributed by atoms with van der Waals surface area (Å²) in [5.41, 5.74) is 6.24. The Hall–Kier alpha value is -2.41. The third-order valence-electron chi connectivity index (χ3n) is 3.93. The van der Waals surface area contributed by atoms with Crippen molar-refractivity contribution >= 4 is 17.7 Å². The van der Waals surface area contributed by atoms with Gasteiger partial charge in [-0.1, -0.05) is 30.3 Å². The smallest absolute Gasteiger partial charge is 0.243 e. The van der Waals surface area contributed by atoms with Crippen LogP contribution < -0.4 is 11.1 Å². The zero-order valence-corrected chi connectivity index (χ0v) is 12.9. The Morgan fingerprint density at radius 2 is 2.00 bits per heavy atom. The van der Waals surface area contributed by atoms with Crippen molar-refractivity contribution in [2.24, 2.45) is 5.73 Å². The summed E-state index contributed by atoms with van der Waals surface area (Å²) in [4.78, 5) is 36.9. The molecule has 1 fully saturated rings. The largest absolute Gasteiger partial charge is 0.391 e. The van der Waals surface area contributed by atoms with Crippen LogP contribution in [0.25, 0.3) is 0 Å². The lowest BCUT2D eigenvalue weighted by atomic mass is 10.0. The van der Waals surface area contributed by atoms with E-state index in [-0.39, 0.29) is 25.3 Å². The maximum atomic E-state index is 12.4. The molecule has 0 spiro atoms. The molecule has 1 saturated heterocycles. The number of primary amides is 1. The molecule has 1 aliphatic rings. The van der Waals surface area contributed by atoms with Crippen LogP contribution >= 0.6 is 0 Å². The van der Waals surface area contributed by atoms with Crippen LogP contribution in [0, 0.1) is 0 Å². The molecule has 0 radical (unpaired) electrons. The van der Waals surface area contributed by atoms with Crippen LogP contribution in [0.1, 0.15) is 18.9 Å². The predicted molar refractivity (Wildman–Crippen MR) is 83.1 cm³/mol. The van der Waals surface area contributed by atoms with Gasteiger partial charge in [0, 0.05) is 26.3 Å². The van der Waals surface area contributed by atoms with E-state index in [9.17, 15) is 19.5 Å². The number of carbonyl (C=O) groups is 3. The first kappa shape index (κ1) is 17.0. The van der Waals surface area contributed by atoms with Crippen molar-refractivity contribution in [1.29, 1.82) is 0 Å². The Labute approximate surface area is 134 Å². The predicted octanol–water partition coefficient (Wildman–Crippen LogP) is -0.819. The lowest BCUT2D eigenvalue weighted by Crippen LogP contribution is -2.52. The quantitative estimate of drug-likeness (QED) is 0.658. The number of nitrogens with one attached hydrogen (secondary N) is 1. The molecule has 1 aliphatic heterocycles. The number of rotatable bonds is 5. The molecule has 23 heavy (non-hydrogen) atoms. The number of likely N-dealkylation sites (tertiary alicyclic amines) is 1. The summed E-state index contributed by atoms with van der Waals surface area (Å²) in [5, 5.41) is 12.3. The first-order valence-electron chi connectivity index (χ1n) is 7.47. The zero-order valence-electron chi connectivity index (χ0n) is 12.9. The molecule has 3 amide bonds. The summed E-state index contributed by atoms with van der Waals surface area (Å²) in [5.74, 6) is -1.41. The van der Waals surface area contributed by atoms with Crippen molar-refractivity contribution in [3.63, 3.8) is 0 Å². The monoisotopic (exact) mass is 319 g/mol. The fraction of sp³-hybridized carbons (Fsp3) is 0.438. The maximum absolute atomic E-state index is 12.4. The van der Waals surface area contributed by atoms with Crippen LogP contribution in [-0.2, 0) is 20.8 Å². The summed E-state index contributed by atoms with van der Waals surface area (Å²) in [7, 11) is 0. The van der Waals surface area contributed by atoms with Gasteiger partial charge >= 0.3 is 0 Å². The number of carbonyl (C=O) groups excluding carboxylic acids is 3. The average molecular weight is 319 g/mol. The third-order valence-corrected chi connectivity index (χ3v) is 3.93. The number of hydrogen-bond donors (Lipinski definition) is 3. The molecule has 0 unspecified atom stereocenters. The molecular formula is C16H21N3O4. The van der Waals surface area contributed by atoms with E-state index >= 15 is 0 Å². The number of aliphatic hydroxyl groups is 1. The van der Waals surface area contributed by atoms with Crippen molar-refractivity contribution in [2.45, 2.75) is 38.0 Å². The Morgan fingerprint density at radius 3 is 2.57 bits per heavy atom. The molecule has 3 atom stereocenters. The molecule has 0 aromatic heterocycles. The summed E-state index contributed by atoms with van der Waals surface area (Å²) in [6, 6.07) is 7.55. The van der Waals surface area contributed by atoms with E-state index < -0.39 is 30.0 Å². The van der Waals surface area contributed by atoms with Crippen LogP contribution in [0.3, 0.4) is 0 Å². The van der Waals surface area contributed by atoms with Gasteiger partial charge in [0.2, 0.25) is 17.7 Å². The van der Waals surface area contributed by atoms with E-state index in [1.54, 1.807) is 0 Å². The number of hydrogen-bond acceptors (Lipinski definition) is 4. The van der Waals surface area contributed by atoms with Crippen molar-refractivity contribution in [3.05, 3.63) is 35.9 Å². The van der Waals surface area contributed by atoms with Gasteiger partial charge in [0.1, 0.15) is 12.1 Å². The summed E-state index contributed by atoms with van der Waals surface area (Å²) >= 11 is 0. The maximum Gasteiger partial charge on any atom is 0.243 e. The Bertz CT molecular complexity index is 590. The van der Waals surface area contributed by atoms with Crippen LogP contribution in [0.15, 0.2) is 30.3 Å². The van der Waals surface area contributed by atoms with Gasteiger partial charge in [0.25, 0.3) is 0 Å². The van der Waals surface area contributed by atoms with Crippen molar-refractivity contribution in [2.75, 3.05) is 6.54 Å². The van der Waals surface area contributed by atoms with Crippen LogP contribution in [-0.4, -0.2) is 52.5 Å². The summed E-state index contributed by atoms with van der Waals surface area (Å²) in [6.45, 7) is 1.46. The molecule has 0 aliphatic carbocycles. The first-order valence-corrected chi connectivity index (χ1v) is 7.47. The molecule has 124 valence electrons. The third kappa shape index (κ3) is 4.29. The normalized spacial score (nSPS) is 21.7. The van der Waals surface area contributed by atoms with Gasteiger partial charge in [-0.25, -0.2) is 0 Å². The Kier molecular flexibility index (Phi) is 5.33. The number of nitrogens with two attached hydrogens (primary N) is 1. The topological polar surface area (TPSA) is 113 Å². The van der Waals surface area contributed by atoms with Gasteiger partial charge in [0.05, 0.1) is 6.10 Å².